The molecule has 3 aromatic rings. The van der Waals surface area contributed by atoms with Crippen molar-refractivity contribution in [1.82, 2.24) is 19.4 Å². The van der Waals surface area contributed by atoms with Crippen molar-refractivity contribution in [2.75, 3.05) is 13.1 Å². The summed E-state index contributed by atoms with van der Waals surface area (Å²) in [5.41, 5.74) is 1.20. The van der Waals surface area contributed by atoms with Gasteiger partial charge in [0.15, 0.2) is 0 Å². The maximum absolute atomic E-state index is 13.2. The molecule has 2 aromatic heterocycles. The van der Waals surface area contributed by atoms with E-state index >= 15 is 0 Å². The number of sulfonamides is 1. The molecule has 0 radical (unpaired) electrons. The van der Waals surface area contributed by atoms with Crippen LogP contribution in [0.3, 0.4) is 0 Å². The van der Waals surface area contributed by atoms with Gasteiger partial charge in [-0.25, -0.2) is 12.8 Å². The molecule has 0 N–H and O–H groups in total. The standard InChI is InChI=1S/C17H15FN4O3S/c18-15-3-1-2-12(8-15)11-26(23,24)22-9-14(10-22)17-20-16(21-25-17)13-4-6-19-7-5-13/h1-8,14H,9-11H2. The van der Waals surface area contributed by atoms with Crippen LogP contribution in [-0.2, 0) is 15.8 Å². The van der Waals surface area contributed by atoms with Crippen LogP contribution < -0.4 is 0 Å². The van der Waals surface area contributed by atoms with Crippen LogP contribution in [0.5, 0.6) is 0 Å². The van der Waals surface area contributed by atoms with Gasteiger partial charge in [0.25, 0.3) is 0 Å². The van der Waals surface area contributed by atoms with Gasteiger partial charge in [0.1, 0.15) is 5.82 Å². The Morgan fingerprint density at radius 2 is 1.96 bits per heavy atom. The van der Waals surface area contributed by atoms with Gasteiger partial charge >= 0.3 is 0 Å². The minimum Gasteiger partial charge on any atom is -0.339 e. The van der Waals surface area contributed by atoms with Gasteiger partial charge in [0.05, 0.1) is 11.7 Å². The van der Waals surface area contributed by atoms with Crippen LogP contribution in [0, 0.1) is 5.82 Å². The van der Waals surface area contributed by atoms with E-state index in [0.29, 0.717) is 17.3 Å². The lowest BCUT2D eigenvalue weighted by molar-refractivity contribution is 0.216. The zero-order valence-corrected chi connectivity index (χ0v) is 14.4. The highest BCUT2D eigenvalue weighted by Gasteiger charge is 2.39. The molecule has 26 heavy (non-hydrogen) atoms. The van der Waals surface area contributed by atoms with Crippen LogP contribution >= 0.6 is 0 Å². The Hall–Kier alpha value is -2.65. The Bertz CT molecular complexity index is 1020. The summed E-state index contributed by atoms with van der Waals surface area (Å²) in [7, 11) is -3.51. The first kappa shape index (κ1) is 16.8. The first-order valence-electron chi connectivity index (χ1n) is 7.97. The molecule has 4 rings (SSSR count). The molecule has 1 aromatic carbocycles. The van der Waals surface area contributed by atoms with Gasteiger partial charge in [-0.2, -0.15) is 9.29 Å². The average molecular weight is 374 g/mol. The van der Waals surface area contributed by atoms with E-state index in [1.807, 2.05) is 0 Å². The molecular formula is C17H15FN4O3S. The van der Waals surface area contributed by atoms with Gasteiger partial charge in [-0.15, -0.1) is 0 Å². The first-order chi connectivity index (χ1) is 12.5. The van der Waals surface area contributed by atoms with Crippen molar-refractivity contribution in [3.8, 4) is 11.4 Å². The third-order valence-electron chi connectivity index (χ3n) is 4.21. The van der Waals surface area contributed by atoms with Gasteiger partial charge in [-0.1, -0.05) is 17.3 Å². The number of hydrogen-bond donors (Lipinski definition) is 0. The molecular weight excluding hydrogens is 359 g/mol. The highest BCUT2D eigenvalue weighted by atomic mass is 32.2. The largest absolute Gasteiger partial charge is 0.339 e. The third-order valence-corrected chi connectivity index (χ3v) is 5.99. The van der Waals surface area contributed by atoms with Crippen LogP contribution in [0.2, 0.25) is 0 Å². The molecule has 3 heterocycles. The lowest BCUT2D eigenvalue weighted by Crippen LogP contribution is -2.48. The average Bonchev–Trinajstić information content (AvgIpc) is 3.03. The molecule has 0 unspecified atom stereocenters. The minimum atomic E-state index is -3.51. The van der Waals surface area contributed by atoms with Crippen molar-refractivity contribution in [1.29, 1.82) is 0 Å². The van der Waals surface area contributed by atoms with Crippen LogP contribution in [0.1, 0.15) is 17.4 Å². The predicted octanol–water partition coefficient (Wildman–Crippen LogP) is 2.20. The van der Waals surface area contributed by atoms with E-state index in [9.17, 15) is 12.8 Å². The Morgan fingerprint density at radius 3 is 2.69 bits per heavy atom. The van der Waals surface area contributed by atoms with E-state index in [4.69, 9.17) is 4.52 Å². The van der Waals surface area contributed by atoms with E-state index in [0.717, 1.165) is 5.56 Å². The molecule has 1 fully saturated rings. The summed E-state index contributed by atoms with van der Waals surface area (Å²) in [4.78, 5) is 8.27. The zero-order valence-electron chi connectivity index (χ0n) is 13.6. The second-order valence-corrected chi connectivity index (χ2v) is 8.06. The topological polar surface area (TPSA) is 89.2 Å². The van der Waals surface area contributed by atoms with Crippen molar-refractivity contribution < 1.29 is 17.3 Å². The Kier molecular flexibility index (Phi) is 4.25. The Labute approximate surface area is 149 Å². The molecule has 1 saturated heterocycles. The van der Waals surface area contributed by atoms with Gasteiger partial charge in [-0.3, -0.25) is 4.98 Å². The molecule has 0 bridgehead atoms. The third kappa shape index (κ3) is 3.35. The van der Waals surface area contributed by atoms with Gasteiger partial charge in [0, 0.05) is 31.0 Å². The summed E-state index contributed by atoms with van der Waals surface area (Å²) >= 11 is 0. The van der Waals surface area contributed by atoms with Crippen molar-refractivity contribution in [3.63, 3.8) is 0 Å². The second-order valence-electron chi connectivity index (χ2n) is 6.09. The first-order valence-corrected chi connectivity index (χ1v) is 9.58. The number of rotatable bonds is 5. The summed E-state index contributed by atoms with van der Waals surface area (Å²) in [6, 6.07) is 9.14. The van der Waals surface area contributed by atoms with Crippen molar-refractivity contribution in [2.45, 2.75) is 11.7 Å². The summed E-state index contributed by atoms with van der Waals surface area (Å²) < 4.78 is 44.7. The summed E-state index contributed by atoms with van der Waals surface area (Å²) in [5.74, 6) is 0.0374. The molecule has 1 aliphatic heterocycles. The van der Waals surface area contributed by atoms with Crippen molar-refractivity contribution >= 4 is 10.0 Å². The molecule has 0 saturated carbocycles. The fourth-order valence-electron chi connectivity index (χ4n) is 2.77. The highest BCUT2D eigenvalue weighted by molar-refractivity contribution is 7.88. The predicted molar refractivity (Wildman–Crippen MR) is 90.9 cm³/mol. The van der Waals surface area contributed by atoms with Crippen LogP contribution in [0.4, 0.5) is 4.39 Å². The monoisotopic (exact) mass is 374 g/mol. The fourth-order valence-corrected chi connectivity index (χ4v) is 4.37. The van der Waals surface area contributed by atoms with Crippen molar-refractivity contribution in [2.24, 2.45) is 0 Å². The summed E-state index contributed by atoms with van der Waals surface area (Å²) in [6.07, 6.45) is 3.27. The smallest absolute Gasteiger partial charge is 0.232 e. The van der Waals surface area contributed by atoms with E-state index in [1.54, 1.807) is 30.6 Å². The number of pyridine rings is 1. The van der Waals surface area contributed by atoms with Gasteiger partial charge in [-0.05, 0) is 29.8 Å². The minimum absolute atomic E-state index is 0.139. The SMILES string of the molecule is O=S(=O)(Cc1cccc(F)c1)N1CC(c2nc(-c3ccncc3)no2)C1. The summed E-state index contributed by atoms with van der Waals surface area (Å²) in [6.45, 7) is 0.547. The molecule has 134 valence electrons. The molecule has 0 aliphatic carbocycles. The quantitative estimate of drug-likeness (QED) is 0.680. The number of halogens is 1. The number of aromatic nitrogens is 3. The van der Waals surface area contributed by atoms with E-state index < -0.39 is 15.8 Å². The Morgan fingerprint density at radius 1 is 1.19 bits per heavy atom. The van der Waals surface area contributed by atoms with E-state index in [1.165, 1.54) is 22.5 Å². The second kappa shape index (κ2) is 6.58. The number of benzene rings is 1. The lowest BCUT2D eigenvalue weighted by atomic mass is 10.0. The van der Waals surface area contributed by atoms with Crippen LogP contribution in [-0.4, -0.2) is 40.9 Å². The molecule has 0 spiro atoms. The normalized spacial score (nSPS) is 15.7. The van der Waals surface area contributed by atoms with E-state index in [-0.39, 0.29) is 24.8 Å². The molecule has 7 nitrogen and oxygen atoms in total. The summed E-state index contributed by atoms with van der Waals surface area (Å²) in [5, 5.41) is 3.93. The van der Waals surface area contributed by atoms with Gasteiger partial charge < -0.3 is 4.52 Å². The van der Waals surface area contributed by atoms with Crippen molar-refractivity contribution in [3.05, 3.63) is 66.1 Å². The molecule has 0 amide bonds. The van der Waals surface area contributed by atoms with Crippen LogP contribution in [0.15, 0.2) is 53.3 Å². The molecule has 1 aliphatic rings. The maximum atomic E-state index is 13.2. The number of nitrogens with zero attached hydrogens (tertiary/aromatic N) is 4. The maximum Gasteiger partial charge on any atom is 0.232 e. The van der Waals surface area contributed by atoms with Crippen LogP contribution in [0.25, 0.3) is 11.4 Å². The Balaban J connectivity index is 1.41. The lowest BCUT2D eigenvalue weighted by Gasteiger charge is -2.35. The molecule has 0 atom stereocenters. The van der Waals surface area contributed by atoms with Gasteiger partial charge in [0.2, 0.25) is 21.7 Å². The number of hydrogen-bond acceptors (Lipinski definition) is 6. The highest BCUT2D eigenvalue weighted by Crippen LogP contribution is 2.30. The fraction of sp³-hybridized carbons (Fsp3) is 0.235. The molecule has 9 heteroatoms. The zero-order chi connectivity index (χ0) is 18.1. The van der Waals surface area contributed by atoms with E-state index in [2.05, 4.69) is 15.1 Å².